The monoisotopic (exact) mass is 819 g/mol. The van der Waals surface area contributed by atoms with Crippen molar-refractivity contribution in [3.05, 3.63) is 0 Å². The number of hydrogen-bond donors (Lipinski definition) is 0. The van der Waals surface area contributed by atoms with E-state index in [0.717, 1.165) is 124 Å². The maximum atomic E-state index is 12.8. The Bertz CT molecular complexity index is 934. The van der Waals surface area contributed by atoms with Crippen molar-refractivity contribution < 1.29 is 23.9 Å². The van der Waals surface area contributed by atoms with Crippen LogP contribution in [0.1, 0.15) is 231 Å². The van der Waals surface area contributed by atoms with Gasteiger partial charge in [-0.1, -0.05) is 141 Å². The summed E-state index contributed by atoms with van der Waals surface area (Å²) >= 11 is 3.90. The van der Waals surface area contributed by atoms with Crippen LogP contribution >= 0.6 is 23.5 Å². The highest BCUT2D eigenvalue weighted by atomic mass is 32.2. The van der Waals surface area contributed by atoms with E-state index in [1.807, 2.05) is 23.5 Å². The maximum absolute atomic E-state index is 12.8. The van der Waals surface area contributed by atoms with Gasteiger partial charge in [0, 0.05) is 37.2 Å². The maximum Gasteiger partial charge on any atom is 0.306 e. The van der Waals surface area contributed by atoms with Gasteiger partial charge in [-0.3, -0.25) is 14.4 Å². The number of unbranched alkanes of at least 4 members (excludes halogenated alkanes) is 4. The molecule has 2 unspecified atom stereocenters. The van der Waals surface area contributed by atoms with Gasteiger partial charge >= 0.3 is 11.9 Å². The molecule has 0 saturated heterocycles. The Morgan fingerprint density at radius 2 is 0.750 bits per heavy atom. The van der Waals surface area contributed by atoms with Gasteiger partial charge in [-0.15, -0.1) is 0 Å². The van der Waals surface area contributed by atoms with Crippen molar-refractivity contribution >= 4 is 41.2 Å². The smallest absolute Gasteiger partial charge is 0.306 e. The highest BCUT2D eigenvalue weighted by Crippen LogP contribution is 2.32. The standard InChI is InChI=1S/C49H86O5S2/c50-45(27-15-5-17-37-55-39-46(33-29-41-19-7-1-8-20-41)53-48(51)35-31-43-23-11-3-12-24-43)28-16-6-18-38-56-40-47(34-30-42-21-9-2-10-22-42)54-49(52)36-32-44-25-13-4-14-26-44/h41-44,46-47H,1-40H2. The number of carbonyl (C=O) groups excluding carboxylic acids is 3. The Morgan fingerprint density at radius 1 is 0.411 bits per heavy atom. The molecular weight excluding hydrogens is 733 g/mol. The van der Waals surface area contributed by atoms with Crippen LogP contribution in [0.15, 0.2) is 0 Å². The largest absolute Gasteiger partial charge is 0.461 e. The zero-order valence-corrected chi connectivity index (χ0v) is 37.7. The van der Waals surface area contributed by atoms with Gasteiger partial charge in [0.1, 0.15) is 18.0 Å². The van der Waals surface area contributed by atoms with Crippen molar-refractivity contribution in [2.45, 2.75) is 243 Å². The topological polar surface area (TPSA) is 69.7 Å². The number of hydrogen-bond acceptors (Lipinski definition) is 7. The summed E-state index contributed by atoms with van der Waals surface area (Å²) in [4.78, 5) is 38.3. The van der Waals surface area contributed by atoms with Crippen LogP contribution in [0.3, 0.4) is 0 Å². The van der Waals surface area contributed by atoms with E-state index in [9.17, 15) is 14.4 Å². The number of esters is 2. The molecule has 5 nitrogen and oxygen atoms in total. The SMILES string of the molecule is O=C(CCCCCSCC(CCC1CCCCC1)OC(=O)CCC1CCCCC1)CCCCCSCC(CCC1CCCCC1)OC(=O)CCC1CCCCC1. The van der Waals surface area contributed by atoms with Crippen molar-refractivity contribution in [2.75, 3.05) is 23.0 Å². The van der Waals surface area contributed by atoms with Crippen LogP contribution in [0.5, 0.6) is 0 Å². The molecule has 4 saturated carbocycles. The van der Waals surface area contributed by atoms with E-state index in [4.69, 9.17) is 9.47 Å². The average Bonchev–Trinajstić information content (AvgIpc) is 3.23. The molecule has 4 aliphatic rings. The fourth-order valence-corrected chi connectivity index (χ4v) is 12.3. The first kappa shape index (κ1) is 48.0. The van der Waals surface area contributed by atoms with Crippen LogP contribution in [-0.2, 0) is 23.9 Å². The fourth-order valence-electron chi connectivity index (χ4n) is 10.2. The van der Waals surface area contributed by atoms with Crippen LogP contribution in [-0.4, -0.2) is 52.9 Å². The number of ketones is 1. The molecule has 56 heavy (non-hydrogen) atoms. The van der Waals surface area contributed by atoms with Gasteiger partial charge in [-0.05, 0) is 99.4 Å². The molecule has 0 amide bonds. The van der Waals surface area contributed by atoms with E-state index in [0.29, 0.717) is 18.6 Å². The van der Waals surface area contributed by atoms with E-state index < -0.39 is 0 Å². The van der Waals surface area contributed by atoms with E-state index >= 15 is 0 Å². The summed E-state index contributed by atoms with van der Waals surface area (Å²) in [5.41, 5.74) is 0. The molecule has 0 spiro atoms. The molecule has 0 aliphatic heterocycles. The van der Waals surface area contributed by atoms with Crippen molar-refractivity contribution in [3.63, 3.8) is 0 Å². The summed E-state index contributed by atoms with van der Waals surface area (Å²) in [5.74, 6) is 7.63. The van der Waals surface area contributed by atoms with Gasteiger partial charge in [0.15, 0.2) is 0 Å². The van der Waals surface area contributed by atoms with Crippen molar-refractivity contribution in [1.29, 1.82) is 0 Å². The molecule has 0 N–H and O–H groups in total. The van der Waals surface area contributed by atoms with E-state index in [1.165, 1.54) is 141 Å². The Balaban J connectivity index is 1.000. The third kappa shape index (κ3) is 23.2. The molecule has 4 fully saturated rings. The molecule has 7 heteroatoms. The van der Waals surface area contributed by atoms with Gasteiger partial charge in [0.25, 0.3) is 0 Å². The molecule has 4 aliphatic carbocycles. The summed E-state index contributed by atoms with van der Waals surface area (Å²) in [5, 5.41) is 0. The van der Waals surface area contributed by atoms with Crippen molar-refractivity contribution in [3.8, 4) is 0 Å². The predicted octanol–water partition coefficient (Wildman–Crippen LogP) is 14.4. The summed E-state index contributed by atoms with van der Waals surface area (Å²) in [6, 6.07) is 0. The highest BCUT2D eigenvalue weighted by Gasteiger charge is 2.23. The van der Waals surface area contributed by atoms with E-state index in [1.54, 1.807) is 0 Å². The number of thioether (sulfide) groups is 2. The van der Waals surface area contributed by atoms with Crippen LogP contribution in [0.25, 0.3) is 0 Å². The number of Topliss-reactive ketones (excluding diaryl/α,β-unsaturated/α-hetero) is 1. The van der Waals surface area contributed by atoms with Crippen molar-refractivity contribution in [2.24, 2.45) is 23.7 Å². The zero-order chi connectivity index (χ0) is 39.3. The van der Waals surface area contributed by atoms with Gasteiger partial charge in [-0.25, -0.2) is 0 Å². The molecule has 0 aromatic heterocycles. The second kappa shape index (κ2) is 31.2. The lowest BCUT2D eigenvalue weighted by atomic mass is 9.85. The zero-order valence-electron chi connectivity index (χ0n) is 36.1. The molecular formula is C49H86O5S2. The third-order valence-corrected chi connectivity index (χ3v) is 16.3. The lowest BCUT2D eigenvalue weighted by Gasteiger charge is -2.25. The molecule has 0 aromatic carbocycles. The van der Waals surface area contributed by atoms with Crippen molar-refractivity contribution in [1.82, 2.24) is 0 Å². The normalized spacial score (nSPS) is 20.4. The Labute approximate surface area is 353 Å². The van der Waals surface area contributed by atoms with Crippen LogP contribution < -0.4 is 0 Å². The van der Waals surface area contributed by atoms with E-state index in [-0.39, 0.29) is 24.1 Å². The first-order chi connectivity index (χ1) is 27.5. The van der Waals surface area contributed by atoms with Gasteiger partial charge in [-0.2, -0.15) is 23.5 Å². The molecule has 4 rings (SSSR count). The van der Waals surface area contributed by atoms with Gasteiger partial charge < -0.3 is 9.47 Å². The first-order valence-corrected chi connectivity index (χ1v) is 26.9. The van der Waals surface area contributed by atoms with Crippen LogP contribution in [0.2, 0.25) is 0 Å². The Kier molecular flexibility index (Phi) is 26.8. The molecule has 0 heterocycles. The fraction of sp³-hybridized carbons (Fsp3) is 0.939. The van der Waals surface area contributed by atoms with Gasteiger partial charge in [0.2, 0.25) is 0 Å². The summed E-state index contributed by atoms with van der Waals surface area (Å²) in [6.45, 7) is 0. The quantitative estimate of drug-likeness (QED) is 0.0528. The molecule has 2 atom stereocenters. The molecule has 0 radical (unpaired) electrons. The minimum absolute atomic E-state index is 0.0356. The number of carbonyl (C=O) groups is 3. The first-order valence-electron chi connectivity index (χ1n) is 24.6. The number of rotatable bonds is 30. The number of ether oxygens (including phenoxy) is 2. The summed E-state index contributed by atoms with van der Waals surface area (Å²) < 4.78 is 12.2. The lowest BCUT2D eigenvalue weighted by molar-refractivity contribution is -0.149. The molecule has 324 valence electrons. The highest BCUT2D eigenvalue weighted by molar-refractivity contribution is 7.99. The average molecular weight is 819 g/mol. The summed E-state index contributed by atoms with van der Waals surface area (Å²) in [7, 11) is 0. The second-order valence-corrected chi connectivity index (χ2v) is 21.1. The predicted molar refractivity (Wildman–Crippen MR) is 240 cm³/mol. The third-order valence-electron chi connectivity index (χ3n) is 13.9. The van der Waals surface area contributed by atoms with Crippen LogP contribution in [0, 0.1) is 23.7 Å². The minimum atomic E-state index is 0.0356. The Hall–Kier alpha value is -0.690. The van der Waals surface area contributed by atoms with Gasteiger partial charge in [0.05, 0.1) is 0 Å². The van der Waals surface area contributed by atoms with Crippen LogP contribution in [0.4, 0.5) is 0 Å². The Morgan fingerprint density at radius 3 is 1.11 bits per heavy atom. The minimum Gasteiger partial charge on any atom is -0.461 e. The summed E-state index contributed by atoms with van der Waals surface area (Å²) in [6.07, 6.45) is 42.6. The molecule has 0 aromatic rings. The lowest BCUT2D eigenvalue weighted by Crippen LogP contribution is -2.23. The second-order valence-electron chi connectivity index (χ2n) is 18.8. The van der Waals surface area contributed by atoms with E-state index in [2.05, 4.69) is 0 Å². The molecule has 0 bridgehead atoms.